The number of cyclic esters (lactones) is 1. The zero-order valence-electron chi connectivity index (χ0n) is 36.0. The highest BCUT2D eigenvalue weighted by atomic mass is 32.1. The maximum absolute atomic E-state index is 14.5. The van der Waals surface area contributed by atoms with Gasteiger partial charge in [-0.25, -0.2) is 4.79 Å². The summed E-state index contributed by atoms with van der Waals surface area (Å²) in [6, 6.07) is 5.08. The molecule has 59 heavy (non-hydrogen) atoms. The molecule has 0 saturated carbocycles. The minimum atomic E-state index is -1.14. The van der Waals surface area contributed by atoms with Crippen molar-refractivity contribution in [1.82, 2.24) is 18.5 Å². The average molecular weight is 843 g/mol. The van der Waals surface area contributed by atoms with Crippen LogP contribution in [0, 0.1) is 23.7 Å². The molecule has 1 amide bonds. The number of aliphatic hydroxyl groups excluding tert-OH is 1. The van der Waals surface area contributed by atoms with Crippen molar-refractivity contribution in [2.45, 2.75) is 141 Å². The molecule has 2 aromatic rings. The first kappa shape index (κ1) is 43.8. The molecule has 0 unspecified atom stereocenters. The van der Waals surface area contributed by atoms with Crippen LogP contribution in [0.15, 0.2) is 28.3 Å². The first-order chi connectivity index (χ1) is 28.1. The van der Waals surface area contributed by atoms with Crippen LogP contribution in [0.3, 0.4) is 0 Å². The molecule has 0 radical (unpaired) electrons. The van der Waals surface area contributed by atoms with E-state index >= 15 is 0 Å². The molecule has 5 aliphatic heterocycles. The quantitative estimate of drug-likeness (QED) is 0.296. The van der Waals surface area contributed by atoms with Gasteiger partial charge in [0.1, 0.15) is 35.6 Å². The van der Waals surface area contributed by atoms with Crippen molar-refractivity contribution in [2.24, 2.45) is 33.8 Å². The van der Waals surface area contributed by atoms with Gasteiger partial charge in [0.25, 0.3) is 0 Å². The van der Waals surface area contributed by atoms with Crippen LogP contribution in [0.1, 0.15) is 80.2 Å². The Morgan fingerprint density at radius 3 is 2.61 bits per heavy atom. The first-order valence-corrected chi connectivity index (χ1v) is 21.8. The van der Waals surface area contributed by atoms with Crippen LogP contribution < -0.4 is 0 Å². The van der Waals surface area contributed by atoms with Crippen LogP contribution in [0.25, 0.3) is 11.0 Å². The number of amides is 1. The number of fused-ring (bicyclic) bond motifs is 5. The molecular formula is C42H62N6O10S. The van der Waals surface area contributed by atoms with Gasteiger partial charge in [0, 0.05) is 35.7 Å². The number of rotatable bonds is 7. The second kappa shape index (κ2) is 17.6. The normalized spacial score (nSPS) is 40.4. The Morgan fingerprint density at radius 1 is 1.08 bits per heavy atom. The van der Waals surface area contributed by atoms with Gasteiger partial charge < -0.3 is 43.3 Å². The number of oxime groups is 1. The van der Waals surface area contributed by atoms with Gasteiger partial charge >= 0.3 is 12.1 Å². The number of nitrogens with zero attached hydrogens (tertiary/aromatic N) is 6. The summed E-state index contributed by atoms with van der Waals surface area (Å²) in [5, 5.41) is 16.3. The molecule has 0 aliphatic carbocycles. The van der Waals surface area contributed by atoms with Crippen LogP contribution in [0.2, 0.25) is 0 Å². The third kappa shape index (κ3) is 8.49. The lowest BCUT2D eigenvalue weighted by molar-refractivity contribution is -0.302. The number of aromatic nitrogens is 2. The summed E-state index contributed by atoms with van der Waals surface area (Å²) in [4.78, 5) is 42.9. The lowest BCUT2D eigenvalue weighted by Crippen LogP contribution is -2.60. The van der Waals surface area contributed by atoms with Gasteiger partial charge in [0.15, 0.2) is 11.9 Å². The van der Waals surface area contributed by atoms with E-state index in [0.29, 0.717) is 38.1 Å². The molecule has 4 fully saturated rings. The van der Waals surface area contributed by atoms with Crippen molar-refractivity contribution in [3.8, 4) is 0 Å². The summed E-state index contributed by atoms with van der Waals surface area (Å²) in [5.74, 6) is -2.27. The molecule has 0 spiro atoms. The van der Waals surface area contributed by atoms with E-state index in [-0.39, 0.29) is 43.8 Å². The molecule has 1 aromatic carbocycles. The number of esters is 1. The fourth-order valence-corrected chi connectivity index (χ4v) is 11.0. The van der Waals surface area contributed by atoms with E-state index in [0.717, 1.165) is 34.0 Å². The Balaban J connectivity index is 1.31. The molecule has 16 nitrogen and oxygen atoms in total. The molecule has 14 atom stereocenters. The molecule has 4 saturated heterocycles. The topological polar surface area (TPSA) is 176 Å². The van der Waals surface area contributed by atoms with Crippen molar-refractivity contribution < 1.29 is 48.0 Å². The number of likely N-dealkylation sites (N-methyl/N-ethyl adjacent to an activating group) is 1. The molecule has 17 heteroatoms. The third-order valence-electron chi connectivity index (χ3n) is 13.3. The second-order valence-electron chi connectivity index (χ2n) is 17.9. The zero-order chi connectivity index (χ0) is 42.4. The van der Waals surface area contributed by atoms with Crippen molar-refractivity contribution in [3.05, 3.63) is 23.8 Å². The van der Waals surface area contributed by atoms with E-state index in [1.54, 1.807) is 11.8 Å². The molecule has 5 aliphatic rings. The zero-order valence-corrected chi connectivity index (χ0v) is 36.8. The summed E-state index contributed by atoms with van der Waals surface area (Å²) in [6.07, 6.45) is -3.46. The van der Waals surface area contributed by atoms with Crippen LogP contribution in [0.5, 0.6) is 0 Å². The van der Waals surface area contributed by atoms with Crippen molar-refractivity contribution >= 4 is 46.2 Å². The van der Waals surface area contributed by atoms with E-state index in [1.807, 2.05) is 71.8 Å². The smallest absolute Gasteiger partial charge is 0.410 e. The standard InChI is InChI=1S/C42H62N6O10S/c1-11-31-42(8)36-24(4)32(43-15-16-48(36)40(51)58-42)22(2)18-41(7)37(57-39-34(49)30(47(9)10)17-23(3)55-39)25(5)35(26(6)38(50)56-31)52-20-28(21-53-41)44-54-19-27-13-12-14-29-33(27)46-59-45-29/h12-14,22-26,30-31,34-37,39,49H,11,15-21H2,1-10H3/t22-,23+,24+,25+,26+,30-,31-,34+,35+,36-,37-,39-,41-,42-/m1/s1. The van der Waals surface area contributed by atoms with Gasteiger partial charge in [-0.15, -0.1) is 0 Å². The predicted molar refractivity (Wildman–Crippen MR) is 220 cm³/mol. The number of ether oxygens (including phenoxy) is 6. The van der Waals surface area contributed by atoms with Crippen LogP contribution >= 0.6 is 11.7 Å². The lowest BCUT2D eigenvalue weighted by Gasteiger charge is -2.48. The van der Waals surface area contributed by atoms with Gasteiger partial charge in [0.05, 0.1) is 67.4 Å². The molecule has 4 bridgehead atoms. The van der Waals surface area contributed by atoms with Crippen LogP contribution in [0.4, 0.5) is 4.79 Å². The van der Waals surface area contributed by atoms with Crippen molar-refractivity contribution in [1.29, 1.82) is 0 Å². The Labute approximate surface area is 351 Å². The predicted octanol–water partition coefficient (Wildman–Crippen LogP) is 4.85. The van der Waals surface area contributed by atoms with Gasteiger partial charge in [0.2, 0.25) is 0 Å². The SMILES string of the molecule is CC[C@H]1OC(=O)[C@@H](C)[C@H]2OCC(=NOCc3cccc4nsnc34)CO[C@](C)(C[C@@H](C)C3=NCCN4C(=O)O[C@@]1(C)[C@H]4[C@H]3C)[C@H](O[C@H]1O[C@@H](C)C[C@@H](N(C)C)[C@@H]1O)[C@H]2C. The van der Waals surface area contributed by atoms with E-state index in [9.17, 15) is 14.7 Å². The summed E-state index contributed by atoms with van der Waals surface area (Å²) in [5.41, 5.74) is 1.54. The fraction of sp³-hybridized carbons (Fsp3) is 0.762. The minimum Gasteiger partial charge on any atom is -0.458 e. The Morgan fingerprint density at radius 2 is 1.86 bits per heavy atom. The van der Waals surface area contributed by atoms with E-state index in [2.05, 4.69) is 27.8 Å². The molecule has 7 rings (SSSR count). The summed E-state index contributed by atoms with van der Waals surface area (Å²) < 4.78 is 48.6. The third-order valence-corrected chi connectivity index (χ3v) is 13.9. The maximum Gasteiger partial charge on any atom is 0.410 e. The monoisotopic (exact) mass is 842 g/mol. The molecule has 326 valence electrons. The van der Waals surface area contributed by atoms with Gasteiger partial charge in [-0.1, -0.05) is 45.0 Å². The number of carbonyl (C=O) groups excluding carboxylic acids is 2. The number of aliphatic imine (C=N–C) groups is 1. The minimum absolute atomic E-state index is 0.0109. The highest BCUT2D eigenvalue weighted by molar-refractivity contribution is 7.00. The Bertz CT molecular complexity index is 1900. The molecule has 6 heterocycles. The summed E-state index contributed by atoms with van der Waals surface area (Å²) in [7, 11) is 3.87. The highest BCUT2D eigenvalue weighted by Crippen LogP contribution is 2.45. The first-order valence-electron chi connectivity index (χ1n) is 21.1. The van der Waals surface area contributed by atoms with E-state index < -0.39 is 71.8 Å². The fourth-order valence-electron chi connectivity index (χ4n) is 10.4. The van der Waals surface area contributed by atoms with Crippen molar-refractivity contribution in [3.63, 3.8) is 0 Å². The highest BCUT2D eigenvalue weighted by Gasteiger charge is 2.60. The number of benzene rings is 1. The van der Waals surface area contributed by atoms with Crippen LogP contribution in [-0.4, -0.2) is 148 Å². The number of carbonyl (C=O) groups is 2. The van der Waals surface area contributed by atoms with E-state index in [4.69, 9.17) is 38.3 Å². The van der Waals surface area contributed by atoms with Crippen molar-refractivity contribution in [2.75, 3.05) is 40.4 Å². The summed E-state index contributed by atoms with van der Waals surface area (Å²) >= 11 is 1.14. The lowest BCUT2D eigenvalue weighted by atomic mass is 9.72. The number of hydrogen-bond donors (Lipinski definition) is 1. The van der Waals surface area contributed by atoms with Crippen LogP contribution in [-0.2, 0) is 44.7 Å². The maximum atomic E-state index is 14.5. The number of aliphatic hydroxyl groups is 1. The van der Waals surface area contributed by atoms with Gasteiger partial charge in [-0.2, -0.15) is 8.75 Å². The summed E-state index contributed by atoms with van der Waals surface area (Å²) in [6.45, 7) is 16.7. The molecule has 1 aromatic heterocycles. The second-order valence-corrected chi connectivity index (χ2v) is 18.4. The average Bonchev–Trinajstić information content (AvgIpc) is 3.73. The van der Waals surface area contributed by atoms with E-state index in [1.165, 1.54) is 0 Å². The largest absolute Gasteiger partial charge is 0.458 e. The molecule has 1 N–H and O–H groups in total. The molecular weight excluding hydrogens is 781 g/mol. The Hall–Kier alpha value is -3.32. The number of hydrogen-bond acceptors (Lipinski definition) is 16. The van der Waals surface area contributed by atoms with Gasteiger partial charge in [-0.3, -0.25) is 14.7 Å². The van der Waals surface area contributed by atoms with Gasteiger partial charge in [-0.05, 0) is 73.0 Å². The Kier molecular flexibility index (Phi) is 13.0.